The second kappa shape index (κ2) is 8.28. The van der Waals surface area contributed by atoms with Gasteiger partial charge in [-0.25, -0.2) is 0 Å². The summed E-state index contributed by atoms with van der Waals surface area (Å²) in [5.41, 5.74) is 1.33. The number of rotatable bonds is 7. The minimum Gasteiger partial charge on any atom is -0.457 e. The molecule has 1 nitrogen and oxygen atoms in total. The van der Waals surface area contributed by atoms with Crippen molar-refractivity contribution >= 4 is 23.5 Å². The highest BCUT2D eigenvalue weighted by molar-refractivity contribution is 8.16. The Labute approximate surface area is 130 Å². The summed E-state index contributed by atoms with van der Waals surface area (Å²) >= 11 is 3.95. The smallest absolute Gasteiger partial charge is 0.127 e. The second-order valence-electron chi connectivity index (χ2n) is 4.23. The Kier molecular flexibility index (Phi) is 6.34. The highest BCUT2D eigenvalue weighted by Gasteiger charge is 2.11. The fraction of sp³-hybridized carbons (Fsp3) is 0.294. The lowest BCUT2D eigenvalue weighted by molar-refractivity contribution is 0.482. The molecule has 0 aliphatic carbocycles. The van der Waals surface area contributed by atoms with E-state index in [9.17, 15) is 0 Å². The molecule has 0 unspecified atom stereocenters. The number of benzene rings is 2. The maximum absolute atomic E-state index is 5.91. The van der Waals surface area contributed by atoms with Gasteiger partial charge in [0.05, 0.1) is 4.58 Å². The van der Waals surface area contributed by atoms with Gasteiger partial charge >= 0.3 is 0 Å². The van der Waals surface area contributed by atoms with E-state index in [0.29, 0.717) is 4.58 Å². The average molecular weight is 304 g/mol. The summed E-state index contributed by atoms with van der Waals surface area (Å²) < 4.78 is 6.40. The molecule has 0 saturated heterocycles. The zero-order chi connectivity index (χ0) is 14.2. The Morgan fingerprint density at radius 1 is 0.850 bits per heavy atom. The monoisotopic (exact) mass is 304 g/mol. The molecule has 0 spiro atoms. The van der Waals surface area contributed by atoms with E-state index in [2.05, 4.69) is 32.0 Å². The Hall–Kier alpha value is -1.06. The van der Waals surface area contributed by atoms with Gasteiger partial charge in [0.25, 0.3) is 0 Å². The molecule has 2 aromatic carbocycles. The van der Waals surface area contributed by atoms with E-state index < -0.39 is 0 Å². The standard InChI is InChI=1S/C17H20OS2/c1-3-19-17(20-4-2)14-9-8-12-16(13-14)18-15-10-6-5-7-11-15/h5-13,17H,3-4H2,1-2H3. The molecule has 0 atom stereocenters. The minimum atomic E-state index is 0.490. The van der Waals surface area contributed by atoms with E-state index in [1.54, 1.807) is 0 Å². The summed E-state index contributed by atoms with van der Waals surface area (Å²) in [6, 6.07) is 18.4. The average Bonchev–Trinajstić information content (AvgIpc) is 2.48. The fourth-order valence-electron chi connectivity index (χ4n) is 1.89. The first-order valence-electron chi connectivity index (χ1n) is 6.89. The normalized spacial score (nSPS) is 10.8. The van der Waals surface area contributed by atoms with Gasteiger partial charge in [0.2, 0.25) is 0 Å². The molecular weight excluding hydrogens is 284 g/mol. The first-order valence-corrected chi connectivity index (χ1v) is 8.99. The first-order chi connectivity index (χ1) is 9.83. The third-order valence-corrected chi connectivity index (χ3v) is 5.38. The summed E-state index contributed by atoms with van der Waals surface area (Å²) in [7, 11) is 0. The molecule has 2 rings (SSSR count). The van der Waals surface area contributed by atoms with Gasteiger partial charge in [0.1, 0.15) is 11.5 Å². The number of para-hydroxylation sites is 1. The predicted octanol–water partition coefficient (Wildman–Crippen LogP) is 5.98. The predicted molar refractivity (Wildman–Crippen MR) is 92.0 cm³/mol. The van der Waals surface area contributed by atoms with Crippen molar-refractivity contribution in [1.82, 2.24) is 0 Å². The molecule has 0 aromatic heterocycles. The van der Waals surface area contributed by atoms with E-state index in [0.717, 1.165) is 23.0 Å². The molecule has 0 fully saturated rings. The van der Waals surface area contributed by atoms with Crippen LogP contribution >= 0.6 is 23.5 Å². The van der Waals surface area contributed by atoms with Gasteiger partial charge in [0.15, 0.2) is 0 Å². The summed E-state index contributed by atoms with van der Waals surface area (Å²) in [6.07, 6.45) is 0. The quantitative estimate of drug-likeness (QED) is 0.582. The maximum atomic E-state index is 5.91. The highest BCUT2D eigenvalue weighted by Crippen LogP contribution is 2.40. The fourth-order valence-corrected chi connectivity index (χ4v) is 4.38. The molecule has 0 heterocycles. The van der Waals surface area contributed by atoms with Crippen LogP contribution in [0, 0.1) is 0 Å². The third-order valence-electron chi connectivity index (χ3n) is 2.75. The van der Waals surface area contributed by atoms with Crippen molar-refractivity contribution in [2.24, 2.45) is 0 Å². The minimum absolute atomic E-state index is 0.490. The largest absolute Gasteiger partial charge is 0.457 e. The zero-order valence-corrected chi connectivity index (χ0v) is 13.5. The lowest BCUT2D eigenvalue weighted by atomic mass is 10.2. The molecule has 0 amide bonds. The van der Waals surface area contributed by atoms with Gasteiger partial charge in [0, 0.05) is 0 Å². The van der Waals surface area contributed by atoms with Crippen molar-refractivity contribution < 1.29 is 4.74 Å². The van der Waals surface area contributed by atoms with E-state index in [1.807, 2.05) is 59.9 Å². The molecule has 0 aliphatic heterocycles. The molecule has 0 N–H and O–H groups in total. The molecule has 20 heavy (non-hydrogen) atoms. The van der Waals surface area contributed by atoms with Crippen LogP contribution in [-0.4, -0.2) is 11.5 Å². The number of thioether (sulfide) groups is 2. The Morgan fingerprint density at radius 2 is 1.50 bits per heavy atom. The lowest BCUT2D eigenvalue weighted by Gasteiger charge is -2.16. The molecule has 0 radical (unpaired) electrons. The van der Waals surface area contributed by atoms with E-state index >= 15 is 0 Å². The van der Waals surface area contributed by atoms with E-state index in [4.69, 9.17) is 4.74 Å². The van der Waals surface area contributed by atoms with E-state index in [1.165, 1.54) is 5.56 Å². The number of hydrogen-bond acceptors (Lipinski definition) is 3. The third kappa shape index (κ3) is 4.50. The van der Waals surface area contributed by atoms with Crippen LogP contribution in [0.4, 0.5) is 0 Å². The van der Waals surface area contributed by atoms with Crippen LogP contribution in [0.5, 0.6) is 11.5 Å². The van der Waals surface area contributed by atoms with Crippen molar-refractivity contribution in [3.05, 3.63) is 60.2 Å². The van der Waals surface area contributed by atoms with Crippen LogP contribution in [0.3, 0.4) is 0 Å². The summed E-state index contributed by atoms with van der Waals surface area (Å²) in [6.45, 7) is 4.41. The number of hydrogen-bond donors (Lipinski definition) is 0. The highest BCUT2D eigenvalue weighted by atomic mass is 32.2. The summed E-state index contributed by atoms with van der Waals surface area (Å²) in [5.74, 6) is 4.04. The summed E-state index contributed by atoms with van der Waals surface area (Å²) in [5, 5.41) is 0. The molecule has 106 valence electrons. The van der Waals surface area contributed by atoms with Crippen molar-refractivity contribution in [2.45, 2.75) is 18.4 Å². The van der Waals surface area contributed by atoms with Crippen molar-refractivity contribution in [1.29, 1.82) is 0 Å². The molecular formula is C17H20OS2. The second-order valence-corrected chi connectivity index (χ2v) is 7.29. The van der Waals surface area contributed by atoms with Crippen LogP contribution in [0.15, 0.2) is 54.6 Å². The molecule has 0 saturated carbocycles. The van der Waals surface area contributed by atoms with Crippen LogP contribution in [-0.2, 0) is 0 Å². The van der Waals surface area contributed by atoms with Gasteiger partial charge in [-0.3, -0.25) is 0 Å². The molecule has 2 aromatic rings. The van der Waals surface area contributed by atoms with Crippen LogP contribution in [0.25, 0.3) is 0 Å². The SMILES string of the molecule is CCSC(SCC)c1cccc(Oc2ccccc2)c1. The number of ether oxygens (including phenoxy) is 1. The van der Waals surface area contributed by atoms with Gasteiger partial charge in [-0.1, -0.05) is 44.2 Å². The van der Waals surface area contributed by atoms with Gasteiger partial charge in [-0.15, -0.1) is 23.5 Å². The van der Waals surface area contributed by atoms with Gasteiger partial charge < -0.3 is 4.74 Å². The lowest BCUT2D eigenvalue weighted by Crippen LogP contribution is -1.92. The van der Waals surface area contributed by atoms with Crippen molar-refractivity contribution in [2.75, 3.05) is 11.5 Å². The van der Waals surface area contributed by atoms with Crippen LogP contribution < -0.4 is 4.74 Å². The maximum Gasteiger partial charge on any atom is 0.127 e. The first kappa shape index (κ1) is 15.3. The Bertz CT molecular complexity index is 507. The summed E-state index contributed by atoms with van der Waals surface area (Å²) in [4.78, 5) is 0. The topological polar surface area (TPSA) is 9.23 Å². The van der Waals surface area contributed by atoms with E-state index in [-0.39, 0.29) is 0 Å². The van der Waals surface area contributed by atoms with Crippen molar-refractivity contribution in [3.8, 4) is 11.5 Å². The molecule has 3 heteroatoms. The molecule has 0 aliphatic rings. The van der Waals surface area contributed by atoms with Crippen LogP contribution in [0.2, 0.25) is 0 Å². The Morgan fingerprint density at radius 3 is 2.15 bits per heavy atom. The molecule has 0 bridgehead atoms. The van der Waals surface area contributed by atoms with Crippen molar-refractivity contribution in [3.63, 3.8) is 0 Å². The van der Waals surface area contributed by atoms with Crippen LogP contribution in [0.1, 0.15) is 24.0 Å². The van der Waals surface area contributed by atoms with Gasteiger partial charge in [-0.2, -0.15) is 0 Å². The zero-order valence-electron chi connectivity index (χ0n) is 11.9. The van der Waals surface area contributed by atoms with Gasteiger partial charge in [-0.05, 0) is 41.3 Å². The Balaban J connectivity index is 2.14.